The van der Waals surface area contributed by atoms with Gasteiger partial charge in [0.05, 0.1) is 7.11 Å². The van der Waals surface area contributed by atoms with Gasteiger partial charge < -0.3 is 10.1 Å². The Morgan fingerprint density at radius 2 is 1.68 bits per heavy atom. The highest BCUT2D eigenvalue weighted by molar-refractivity contribution is 7.89. The molecule has 1 amide bonds. The number of ether oxygens (including phenoxy) is 1. The molecule has 0 aliphatic rings. The summed E-state index contributed by atoms with van der Waals surface area (Å²) in [5, 5.41) is 2.96. The number of carbonyl (C=O) groups is 1. The minimum atomic E-state index is -3.81. The summed E-state index contributed by atoms with van der Waals surface area (Å²) >= 11 is 0. The van der Waals surface area contributed by atoms with E-state index in [0.29, 0.717) is 0 Å². The molecule has 0 aliphatic carbocycles. The Balaban J connectivity index is 2.44. The molecule has 0 saturated heterocycles. The largest absolute Gasteiger partial charge is 0.495 e. The number of rotatable bonds is 8. The standard InChI is InChI=1S/C21H28N2O4S/c1-6-15-9-8-10-16(7-2)20(15)22-21(24)17-11-12-18(27-5)19(13-17)28(25,26)23-14(3)4/h8-14,23H,6-7H2,1-5H3,(H,22,24). The van der Waals surface area contributed by atoms with Gasteiger partial charge in [-0.05, 0) is 56.0 Å². The number of para-hydroxylation sites is 1. The third kappa shape index (κ3) is 4.91. The van der Waals surface area contributed by atoms with E-state index in [1.54, 1.807) is 19.9 Å². The lowest BCUT2D eigenvalue weighted by molar-refractivity contribution is 0.102. The Morgan fingerprint density at radius 1 is 1.07 bits per heavy atom. The van der Waals surface area contributed by atoms with E-state index < -0.39 is 10.0 Å². The molecule has 0 unspecified atom stereocenters. The Morgan fingerprint density at radius 3 is 2.18 bits per heavy atom. The van der Waals surface area contributed by atoms with Gasteiger partial charge in [-0.25, -0.2) is 13.1 Å². The molecule has 7 heteroatoms. The second kappa shape index (κ2) is 9.21. The molecule has 0 aliphatic heterocycles. The van der Waals surface area contributed by atoms with Crippen molar-refractivity contribution in [2.24, 2.45) is 0 Å². The van der Waals surface area contributed by atoms with Crippen molar-refractivity contribution in [2.45, 2.75) is 51.5 Å². The maximum Gasteiger partial charge on any atom is 0.255 e. The van der Waals surface area contributed by atoms with E-state index in [9.17, 15) is 13.2 Å². The van der Waals surface area contributed by atoms with Crippen molar-refractivity contribution >= 4 is 21.6 Å². The van der Waals surface area contributed by atoms with E-state index in [4.69, 9.17) is 4.74 Å². The predicted molar refractivity (Wildman–Crippen MR) is 112 cm³/mol. The molecule has 0 radical (unpaired) electrons. The van der Waals surface area contributed by atoms with Gasteiger partial charge in [-0.2, -0.15) is 0 Å². The minimum Gasteiger partial charge on any atom is -0.495 e. The van der Waals surface area contributed by atoms with E-state index in [-0.39, 0.29) is 28.2 Å². The van der Waals surface area contributed by atoms with Crippen LogP contribution in [0, 0.1) is 0 Å². The first-order chi connectivity index (χ1) is 13.2. The summed E-state index contributed by atoms with van der Waals surface area (Å²) in [5.41, 5.74) is 3.11. The number of anilines is 1. The quantitative estimate of drug-likeness (QED) is 0.702. The van der Waals surface area contributed by atoms with Gasteiger partial charge in [-0.15, -0.1) is 0 Å². The van der Waals surface area contributed by atoms with Crippen LogP contribution in [-0.2, 0) is 22.9 Å². The summed E-state index contributed by atoms with van der Waals surface area (Å²) in [6.07, 6.45) is 1.56. The number of aryl methyl sites for hydroxylation is 2. The molecule has 2 aromatic carbocycles. The lowest BCUT2D eigenvalue weighted by Crippen LogP contribution is -2.30. The number of amides is 1. The first-order valence-corrected chi connectivity index (χ1v) is 10.8. The summed E-state index contributed by atoms with van der Waals surface area (Å²) in [6, 6.07) is 10.0. The fourth-order valence-corrected chi connectivity index (χ4v) is 4.44. The normalized spacial score (nSPS) is 11.5. The monoisotopic (exact) mass is 404 g/mol. The van der Waals surface area contributed by atoms with Gasteiger partial charge in [0.15, 0.2) is 0 Å². The average molecular weight is 405 g/mol. The molecule has 152 valence electrons. The number of hydrogen-bond acceptors (Lipinski definition) is 4. The van der Waals surface area contributed by atoms with Crippen LogP contribution >= 0.6 is 0 Å². The zero-order valence-corrected chi connectivity index (χ0v) is 17.8. The van der Waals surface area contributed by atoms with E-state index in [2.05, 4.69) is 10.0 Å². The maximum atomic E-state index is 12.9. The summed E-state index contributed by atoms with van der Waals surface area (Å²) in [5.74, 6) is -0.174. The molecule has 2 aromatic rings. The SMILES string of the molecule is CCc1cccc(CC)c1NC(=O)c1ccc(OC)c(S(=O)(=O)NC(C)C)c1. The molecular weight excluding hydrogens is 376 g/mol. The lowest BCUT2D eigenvalue weighted by Gasteiger charge is -2.16. The fraction of sp³-hybridized carbons (Fsp3) is 0.381. The smallest absolute Gasteiger partial charge is 0.255 e. The summed E-state index contributed by atoms with van der Waals surface area (Å²) in [7, 11) is -2.41. The van der Waals surface area contributed by atoms with Crippen molar-refractivity contribution in [3.8, 4) is 5.75 Å². The molecule has 2 N–H and O–H groups in total. The van der Waals surface area contributed by atoms with Gasteiger partial charge in [0.2, 0.25) is 10.0 Å². The zero-order valence-electron chi connectivity index (χ0n) is 17.0. The van der Waals surface area contributed by atoms with Crippen molar-refractivity contribution in [1.82, 2.24) is 4.72 Å². The van der Waals surface area contributed by atoms with Gasteiger partial charge >= 0.3 is 0 Å². The van der Waals surface area contributed by atoms with Crippen LogP contribution in [0.3, 0.4) is 0 Å². The molecule has 0 fully saturated rings. The van der Waals surface area contributed by atoms with Gasteiger partial charge in [-0.1, -0.05) is 32.0 Å². The van der Waals surface area contributed by atoms with Crippen LogP contribution < -0.4 is 14.8 Å². The highest BCUT2D eigenvalue weighted by Gasteiger charge is 2.23. The van der Waals surface area contributed by atoms with Crippen LogP contribution in [0.2, 0.25) is 0 Å². The van der Waals surface area contributed by atoms with Crippen LogP contribution in [0.1, 0.15) is 49.2 Å². The van der Waals surface area contributed by atoms with Crippen LogP contribution in [0.25, 0.3) is 0 Å². The second-order valence-electron chi connectivity index (χ2n) is 6.75. The number of sulfonamides is 1. The Labute approximate surface area is 167 Å². The Kier molecular flexibility index (Phi) is 7.21. The average Bonchev–Trinajstić information content (AvgIpc) is 2.66. The van der Waals surface area contributed by atoms with Crippen LogP contribution in [0.5, 0.6) is 5.75 Å². The maximum absolute atomic E-state index is 12.9. The molecule has 28 heavy (non-hydrogen) atoms. The number of methoxy groups -OCH3 is 1. The minimum absolute atomic E-state index is 0.0594. The second-order valence-corrected chi connectivity index (χ2v) is 8.44. The summed E-state index contributed by atoms with van der Waals surface area (Å²) in [6.45, 7) is 7.52. The first-order valence-electron chi connectivity index (χ1n) is 9.35. The van der Waals surface area contributed by atoms with Crippen molar-refractivity contribution in [2.75, 3.05) is 12.4 Å². The van der Waals surface area contributed by atoms with Gasteiger partial charge in [-0.3, -0.25) is 4.79 Å². The number of carbonyl (C=O) groups excluding carboxylic acids is 1. The molecule has 2 rings (SSSR count). The topological polar surface area (TPSA) is 84.5 Å². The number of nitrogens with one attached hydrogen (secondary N) is 2. The third-order valence-corrected chi connectivity index (χ3v) is 6.02. The van der Waals surface area contributed by atoms with E-state index in [1.807, 2.05) is 32.0 Å². The van der Waals surface area contributed by atoms with Crippen molar-refractivity contribution in [3.05, 3.63) is 53.1 Å². The van der Waals surface area contributed by atoms with E-state index in [0.717, 1.165) is 29.7 Å². The van der Waals surface area contributed by atoms with E-state index >= 15 is 0 Å². The van der Waals surface area contributed by atoms with Crippen molar-refractivity contribution in [3.63, 3.8) is 0 Å². The highest BCUT2D eigenvalue weighted by Crippen LogP contribution is 2.27. The fourth-order valence-electron chi connectivity index (χ4n) is 2.99. The zero-order chi connectivity index (χ0) is 20.9. The van der Waals surface area contributed by atoms with Crippen LogP contribution in [0.15, 0.2) is 41.3 Å². The van der Waals surface area contributed by atoms with Gasteiger partial charge in [0.25, 0.3) is 5.91 Å². The van der Waals surface area contributed by atoms with Crippen molar-refractivity contribution in [1.29, 1.82) is 0 Å². The highest BCUT2D eigenvalue weighted by atomic mass is 32.2. The van der Waals surface area contributed by atoms with E-state index in [1.165, 1.54) is 19.2 Å². The summed E-state index contributed by atoms with van der Waals surface area (Å²) in [4.78, 5) is 12.8. The molecule has 0 saturated carbocycles. The Hall–Kier alpha value is -2.38. The third-order valence-electron chi connectivity index (χ3n) is 4.34. The van der Waals surface area contributed by atoms with Crippen LogP contribution in [-0.4, -0.2) is 27.5 Å². The summed E-state index contributed by atoms with van der Waals surface area (Å²) < 4.78 is 33.0. The number of benzene rings is 2. The molecule has 0 spiro atoms. The molecule has 0 atom stereocenters. The molecular formula is C21H28N2O4S. The first kappa shape index (κ1) is 21.9. The van der Waals surface area contributed by atoms with Gasteiger partial charge in [0.1, 0.15) is 10.6 Å². The number of hydrogen-bond donors (Lipinski definition) is 2. The molecule has 0 heterocycles. The molecule has 0 bridgehead atoms. The lowest BCUT2D eigenvalue weighted by atomic mass is 10.0. The molecule has 6 nitrogen and oxygen atoms in total. The Bertz CT molecular complexity index is 931. The van der Waals surface area contributed by atoms with Gasteiger partial charge in [0, 0.05) is 17.3 Å². The van der Waals surface area contributed by atoms with Crippen LogP contribution in [0.4, 0.5) is 5.69 Å². The van der Waals surface area contributed by atoms with Crippen molar-refractivity contribution < 1.29 is 17.9 Å². The molecule has 0 aromatic heterocycles. The predicted octanol–water partition coefficient (Wildman–Crippen LogP) is 3.76.